The Labute approximate surface area is 95.8 Å². The van der Waals surface area contributed by atoms with Gasteiger partial charge < -0.3 is 0 Å². The van der Waals surface area contributed by atoms with Crippen LogP contribution in [0.15, 0.2) is 24.8 Å². The third kappa shape index (κ3) is 1.70. The fourth-order valence-corrected chi connectivity index (χ4v) is 2.87. The van der Waals surface area contributed by atoms with Gasteiger partial charge in [0, 0.05) is 12.2 Å². The first-order valence-corrected chi connectivity index (χ1v) is 5.87. The van der Waals surface area contributed by atoms with Crippen LogP contribution in [-0.4, -0.2) is 22.3 Å². The summed E-state index contributed by atoms with van der Waals surface area (Å²) in [6.07, 6.45) is 10.5. The molecule has 0 N–H and O–H groups in total. The van der Waals surface area contributed by atoms with E-state index in [-0.39, 0.29) is 17.4 Å². The molecule has 0 bridgehead atoms. The van der Waals surface area contributed by atoms with Crippen molar-refractivity contribution in [3.63, 3.8) is 0 Å². The van der Waals surface area contributed by atoms with Crippen molar-refractivity contribution in [1.29, 1.82) is 0 Å². The van der Waals surface area contributed by atoms with Crippen LogP contribution in [0.5, 0.6) is 0 Å². The van der Waals surface area contributed by atoms with Crippen LogP contribution >= 0.6 is 0 Å². The number of hydrogen-bond acceptors (Lipinski definition) is 2. The summed E-state index contributed by atoms with van der Waals surface area (Å²) in [5.74, 6) is -0.317. The number of hydrogen-bond donors (Lipinski definition) is 0. The first-order chi connectivity index (χ1) is 7.69. The Kier molecular flexibility index (Phi) is 2.95. The van der Waals surface area contributed by atoms with Crippen molar-refractivity contribution in [2.45, 2.75) is 44.1 Å². The number of rotatable bonds is 3. The number of carbonyl (C=O) groups is 2. The number of carbonyl (C=O) groups excluding carboxylic acids is 2. The largest absolute Gasteiger partial charge is 0.269 e. The second-order valence-electron chi connectivity index (χ2n) is 4.62. The van der Waals surface area contributed by atoms with Crippen molar-refractivity contribution in [2.75, 3.05) is 0 Å². The smallest absolute Gasteiger partial charge is 0.254 e. The van der Waals surface area contributed by atoms with Crippen LogP contribution in [0, 0.1) is 0 Å². The molecule has 0 spiro atoms. The zero-order valence-electron chi connectivity index (χ0n) is 9.45. The van der Waals surface area contributed by atoms with E-state index in [1.165, 1.54) is 23.5 Å². The van der Waals surface area contributed by atoms with Gasteiger partial charge in [-0.2, -0.15) is 0 Å². The van der Waals surface area contributed by atoms with Crippen molar-refractivity contribution < 1.29 is 9.59 Å². The first kappa shape index (κ1) is 11.1. The number of imide groups is 1. The van der Waals surface area contributed by atoms with Crippen LogP contribution < -0.4 is 0 Å². The average molecular weight is 219 g/mol. The van der Waals surface area contributed by atoms with Gasteiger partial charge in [0.05, 0.1) is 5.54 Å². The van der Waals surface area contributed by atoms with E-state index in [0.29, 0.717) is 6.42 Å². The van der Waals surface area contributed by atoms with Gasteiger partial charge in [0.2, 0.25) is 0 Å². The molecule has 0 unspecified atom stereocenters. The van der Waals surface area contributed by atoms with Crippen molar-refractivity contribution in [1.82, 2.24) is 4.90 Å². The van der Waals surface area contributed by atoms with E-state index in [1.54, 1.807) is 0 Å². The minimum absolute atomic E-state index is 0.159. The van der Waals surface area contributed by atoms with Crippen LogP contribution in [0.3, 0.4) is 0 Å². The Bertz CT molecular complexity index is 333. The Morgan fingerprint density at radius 2 is 1.75 bits per heavy atom. The molecule has 2 rings (SSSR count). The maximum absolute atomic E-state index is 11.7. The molecule has 0 atom stereocenters. The van der Waals surface area contributed by atoms with Gasteiger partial charge in [-0.05, 0) is 19.3 Å². The fraction of sp³-hybridized carbons (Fsp3) is 0.538. The van der Waals surface area contributed by atoms with Crippen molar-refractivity contribution in [2.24, 2.45) is 0 Å². The molecular formula is C13H17NO2. The van der Waals surface area contributed by atoms with Gasteiger partial charge in [0.1, 0.15) is 0 Å². The minimum atomic E-state index is -0.294. The maximum Gasteiger partial charge on any atom is 0.254 e. The molecule has 1 fully saturated rings. The molecule has 2 amide bonds. The lowest BCUT2D eigenvalue weighted by atomic mass is 9.78. The Morgan fingerprint density at radius 3 is 2.25 bits per heavy atom. The molecular weight excluding hydrogens is 202 g/mol. The van der Waals surface area contributed by atoms with E-state index in [2.05, 4.69) is 6.58 Å². The van der Waals surface area contributed by atoms with Crippen molar-refractivity contribution >= 4 is 11.8 Å². The first-order valence-electron chi connectivity index (χ1n) is 5.87. The molecule has 3 heteroatoms. The summed E-state index contributed by atoms with van der Waals surface area (Å²) in [4.78, 5) is 24.9. The topological polar surface area (TPSA) is 37.4 Å². The molecule has 0 aromatic carbocycles. The predicted molar refractivity (Wildman–Crippen MR) is 61.6 cm³/mol. The molecule has 0 radical (unpaired) electrons. The Hall–Kier alpha value is -1.38. The van der Waals surface area contributed by atoms with Gasteiger partial charge in [-0.3, -0.25) is 14.5 Å². The number of amides is 2. The zero-order valence-corrected chi connectivity index (χ0v) is 9.45. The summed E-state index contributed by atoms with van der Waals surface area (Å²) in [6.45, 7) is 3.75. The fourth-order valence-electron chi connectivity index (χ4n) is 2.87. The number of nitrogens with zero attached hydrogens (tertiary/aromatic N) is 1. The molecule has 0 aromatic heterocycles. The van der Waals surface area contributed by atoms with Crippen LogP contribution in [-0.2, 0) is 9.59 Å². The zero-order chi connectivity index (χ0) is 11.6. The molecule has 1 saturated carbocycles. The molecule has 0 aromatic rings. The third-order valence-electron chi connectivity index (χ3n) is 3.59. The molecule has 3 nitrogen and oxygen atoms in total. The highest BCUT2D eigenvalue weighted by Crippen LogP contribution is 2.38. The molecule has 0 saturated heterocycles. The standard InChI is InChI=1S/C13H17NO2/c1-2-8-13(9-4-3-5-10-13)14-11(15)6-7-12(14)16/h2,6-7H,1,3-5,8-10H2. The molecule has 2 aliphatic rings. The molecule has 1 aliphatic carbocycles. The van der Waals surface area contributed by atoms with Crippen LogP contribution in [0.2, 0.25) is 0 Å². The van der Waals surface area contributed by atoms with Gasteiger partial charge in [-0.15, -0.1) is 6.58 Å². The summed E-state index contributed by atoms with van der Waals surface area (Å²) in [6, 6.07) is 0. The van der Waals surface area contributed by atoms with Gasteiger partial charge in [0.25, 0.3) is 11.8 Å². The Balaban J connectivity index is 2.27. The molecule has 86 valence electrons. The van der Waals surface area contributed by atoms with E-state index in [0.717, 1.165) is 25.7 Å². The highest BCUT2D eigenvalue weighted by atomic mass is 16.2. The average Bonchev–Trinajstić information content (AvgIpc) is 2.61. The summed E-state index contributed by atoms with van der Waals surface area (Å²) in [7, 11) is 0. The quantitative estimate of drug-likeness (QED) is 0.539. The summed E-state index contributed by atoms with van der Waals surface area (Å²) in [5.41, 5.74) is -0.294. The second-order valence-corrected chi connectivity index (χ2v) is 4.62. The van der Waals surface area contributed by atoms with Gasteiger partial charge in [0.15, 0.2) is 0 Å². The monoisotopic (exact) mass is 219 g/mol. The van der Waals surface area contributed by atoms with E-state index >= 15 is 0 Å². The highest BCUT2D eigenvalue weighted by molar-refractivity contribution is 6.13. The summed E-state index contributed by atoms with van der Waals surface area (Å²) in [5, 5.41) is 0. The second kappa shape index (κ2) is 4.24. The lowest BCUT2D eigenvalue weighted by Crippen LogP contribution is -2.52. The maximum atomic E-state index is 11.7. The van der Waals surface area contributed by atoms with Gasteiger partial charge in [-0.25, -0.2) is 0 Å². The SMILES string of the molecule is C=CCC1(N2C(=O)C=CC2=O)CCCCC1. The molecule has 1 heterocycles. The van der Waals surface area contributed by atoms with E-state index < -0.39 is 0 Å². The van der Waals surface area contributed by atoms with E-state index in [9.17, 15) is 9.59 Å². The molecule has 16 heavy (non-hydrogen) atoms. The summed E-state index contributed by atoms with van der Waals surface area (Å²) < 4.78 is 0. The highest BCUT2D eigenvalue weighted by Gasteiger charge is 2.43. The van der Waals surface area contributed by atoms with Crippen LogP contribution in [0.25, 0.3) is 0 Å². The minimum Gasteiger partial charge on any atom is -0.269 e. The third-order valence-corrected chi connectivity index (χ3v) is 3.59. The normalized spacial score (nSPS) is 23.9. The van der Waals surface area contributed by atoms with Crippen LogP contribution in [0.4, 0.5) is 0 Å². The van der Waals surface area contributed by atoms with Gasteiger partial charge >= 0.3 is 0 Å². The lowest BCUT2D eigenvalue weighted by molar-refractivity contribution is -0.145. The van der Waals surface area contributed by atoms with Crippen LogP contribution in [0.1, 0.15) is 38.5 Å². The van der Waals surface area contributed by atoms with Gasteiger partial charge in [-0.1, -0.05) is 25.3 Å². The lowest BCUT2D eigenvalue weighted by Gasteiger charge is -2.42. The Morgan fingerprint density at radius 1 is 1.19 bits per heavy atom. The molecule has 1 aliphatic heterocycles. The summed E-state index contributed by atoms with van der Waals surface area (Å²) >= 11 is 0. The van der Waals surface area contributed by atoms with Crippen molar-refractivity contribution in [3.8, 4) is 0 Å². The van der Waals surface area contributed by atoms with E-state index in [1.807, 2.05) is 6.08 Å². The van der Waals surface area contributed by atoms with Crippen molar-refractivity contribution in [3.05, 3.63) is 24.8 Å². The van der Waals surface area contributed by atoms with E-state index in [4.69, 9.17) is 0 Å². The predicted octanol–water partition coefficient (Wildman–Crippen LogP) is 2.19.